The summed E-state index contributed by atoms with van der Waals surface area (Å²) >= 11 is 5.89. The van der Waals surface area contributed by atoms with E-state index >= 15 is 0 Å². The molecule has 1 aliphatic rings. The lowest BCUT2D eigenvalue weighted by molar-refractivity contribution is -0.123. The molecule has 8 heteroatoms. The van der Waals surface area contributed by atoms with Crippen molar-refractivity contribution in [3.63, 3.8) is 0 Å². The van der Waals surface area contributed by atoms with Gasteiger partial charge in [0.05, 0.1) is 5.69 Å². The molecule has 5 nitrogen and oxygen atoms in total. The van der Waals surface area contributed by atoms with Gasteiger partial charge in [0.2, 0.25) is 5.91 Å². The van der Waals surface area contributed by atoms with Crippen LogP contribution in [0.1, 0.15) is 46.6 Å². The zero-order valence-electron chi connectivity index (χ0n) is 15.4. The average molecular weight is 389 g/mol. The van der Waals surface area contributed by atoms with Gasteiger partial charge in [-0.05, 0) is 52.8 Å². The molecule has 1 N–H and O–H groups in total. The van der Waals surface area contributed by atoms with Crippen LogP contribution in [0.5, 0.6) is 0 Å². The Morgan fingerprint density at radius 1 is 1.38 bits per heavy atom. The number of rotatable bonds is 2. The third-order valence-electron chi connectivity index (χ3n) is 3.82. The predicted molar refractivity (Wildman–Crippen MR) is 95.7 cm³/mol. The standard InChI is InChI=1S/C18H23ClF2N2O3/c1-10(2)23-14-7-6-11(19)8-12(14)18(20,21)9-13(15(23)24)22-16(25)26-17(3,4)5/h6-8,10,13H,9H2,1-5H3,(H,22,25). The number of nitrogens with one attached hydrogen (secondary N) is 1. The third kappa shape index (κ3) is 4.44. The first-order valence-corrected chi connectivity index (χ1v) is 8.70. The van der Waals surface area contributed by atoms with Crippen LogP contribution in [0.3, 0.4) is 0 Å². The van der Waals surface area contributed by atoms with Crippen LogP contribution in [0.2, 0.25) is 5.02 Å². The number of fused-ring (bicyclic) bond motifs is 1. The highest BCUT2D eigenvalue weighted by Gasteiger charge is 2.46. The molecular formula is C18H23ClF2N2O3. The Kier molecular flexibility index (Phi) is 5.52. The van der Waals surface area contributed by atoms with E-state index in [4.69, 9.17) is 16.3 Å². The third-order valence-corrected chi connectivity index (χ3v) is 4.05. The molecule has 0 aliphatic carbocycles. The minimum atomic E-state index is -3.35. The number of carbonyl (C=O) groups is 2. The van der Waals surface area contributed by atoms with E-state index in [-0.39, 0.29) is 22.3 Å². The van der Waals surface area contributed by atoms with Gasteiger partial charge in [0.25, 0.3) is 5.92 Å². The maximum atomic E-state index is 14.9. The molecule has 0 spiro atoms. The molecule has 26 heavy (non-hydrogen) atoms. The summed E-state index contributed by atoms with van der Waals surface area (Å²) in [6, 6.07) is 2.21. The molecule has 1 aromatic rings. The minimum absolute atomic E-state index is 0.0906. The fraction of sp³-hybridized carbons (Fsp3) is 0.556. The number of hydrogen-bond acceptors (Lipinski definition) is 3. The van der Waals surface area contributed by atoms with Crippen LogP contribution in [-0.2, 0) is 15.5 Å². The largest absolute Gasteiger partial charge is 0.444 e. The van der Waals surface area contributed by atoms with Gasteiger partial charge in [0, 0.05) is 23.0 Å². The summed E-state index contributed by atoms with van der Waals surface area (Å²) in [4.78, 5) is 26.2. The molecule has 1 unspecified atom stereocenters. The molecular weight excluding hydrogens is 366 g/mol. The van der Waals surface area contributed by atoms with Gasteiger partial charge < -0.3 is 15.0 Å². The highest BCUT2D eigenvalue weighted by atomic mass is 35.5. The van der Waals surface area contributed by atoms with E-state index in [2.05, 4.69) is 5.32 Å². The molecule has 144 valence electrons. The van der Waals surface area contributed by atoms with Gasteiger partial charge in [-0.1, -0.05) is 11.6 Å². The highest BCUT2D eigenvalue weighted by Crippen LogP contribution is 2.43. The Labute approximate surface area is 156 Å². The fourth-order valence-electron chi connectivity index (χ4n) is 2.85. The summed E-state index contributed by atoms with van der Waals surface area (Å²) in [5.74, 6) is -3.97. The second-order valence-electron chi connectivity index (χ2n) is 7.57. The molecule has 0 radical (unpaired) electrons. The molecule has 1 atom stereocenters. The topological polar surface area (TPSA) is 58.6 Å². The Morgan fingerprint density at radius 3 is 2.54 bits per heavy atom. The number of hydrogen-bond donors (Lipinski definition) is 1. The maximum absolute atomic E-state index is 14.9. The summed E-state index contributed by atoms with van der Waals surface area (Å²) in [7, 11) is 0. The summed E-state index contributed by atoms with van der Waals surface area (Å²) in [6.45, 7) is 8.37. The number of alkyl carbamates (subject to hydrolysis) is 1. The molecule has 1 aromatic carbocycles. The van der Waals surface area contributed by atoms with Crippen LogP contribution >= 0.6 is 11.6 Å². The molecule has 0 aromatic heterocycles. The van der Waals surface area contributed by atoms with E-state index in [1.54, 1.807) is 34.6 Å². The lowest BCUT2D eigenvalue weighted by Gasteiger charge is -2.30. The van der Waals surface area contributed by atoms with Crippen molar-refractivity contribution < 1.29 is 23.1 Å². The number of benzene rings is 1. The Morgan fingerprint density at radius 2 is 2.00 bits per heavy atom. The molecule has 1 heterocycles. The van der Waals surface area contributed by atoms with Crippen molar-refractivity contribution in [3.8, 4) is 0 Å². The van der Waals surface area contributed by atoms with Crippen molar-refractivity contribution in [2.24, 2.45) is 0 Å². The molecule has 0 saturated carbocycles. The van der Waals surface area contributed by atoms with Gasteiger partial charge in [-0.15, -0.1) is 0 Å². The number of halogens is 3. The van der Waals surface area contributed by atoms with Crippen LogP contribution in [0, 0.1) is 0 Å². The first kappa shape index (κ1) is 20.4. The lowest BCUT2D eigenvalue weighted by atomic mass is 10.0. The van der Waals surface area contributed by atoms with Crippen LogP contribution in [0.25, 0.3) is 0 Å². The highest BCUT2D eigenvalue weighted by molar-refractivity contribution is 6.30. The zero-order valence-corrected chi connectivity index (χ0v) is 16.2. The Bertz CT molecular complexity index is 717. The van der Waals surface area contributed by atoms with Crippen LogP contribution in [0.4, 0.5) is 19.3 Å². The summed E-state index contributed by atoms with van der Waals surface area (Å²) in [6.07, 6.45) is -1.79. The van der Waals surface area contributed by atoms with Gasteiger partial charge in [-0.2, -0.15) is 0 Å². The normalized spacial score (nSPS) is 19.8. The SMILES string of the molecule is CC(C)N1C(=O)C(NC(=O)OC(C)(C)C)CC(F)(F)c2cc(Cl)ccc21. The van der Waals surface area contributed by atoms with Crippen LogP contribution in [-0.4, -0.2) is 29.7 Å². The number of alkyl halides is 2. The van der Waals surface area contributed by atoms with E-state index in [0.717, 1.165) is 6.07 Å². The second-order valence-corrected chi connectivity index (χ2v) is 8.01. The Balaban J connectivity index is 2.44. The van der Waals surface area contributed by atoms with Gasteiger partial charge >= 0.3 is 6.09 Å². The van der Waals surface area contributed by atoms with Gasteiger partial charge in [-0.25, -0.2) is 13.6 Å². The molecule has 2 amide bonds. The molecule has 0 fully saturated rings. The van der Waals surface area contributed by atoms with E-state index < -0.39 is 36.0 Å². The number of anilines is 1. The fourth-order valence-corrected chi connectivity index (χ4v) is 3.02. The first-order chi connectivity index (χ1) is 11.8. The first-order valence-electron chi connectivity index (χ1n) is 8.32. The number of amides is 2. The van der Waals surface area contributed by atoms with Crippen molar-refractivity contribution in [1.29, 1.82) is 0 Å². The van der Waals surface area contributed by atoms with Crippen molar-refractivity contribution in [1.82, 2.24) is 5.32 Å². The van der Waals surface area contributed by atoms with Crippen LogP contribution < -0.4 is 10.2 Å². The molecule has 0 bridgehead atoms. The molecule has 0 saturated heterocycles. The van der Waals surface area contributed by atoms with E-state index in [1.165, 1.54) is 17.0 Å². The van der Waals surface area contributed by atoms with Gasteiger partial charge in [0.15, 0.2) is 0 Å². The predicted octanol–water partition coefficient (Wildman–Crippen LogP) is 4.47. The summed E-state index contributed by atoms with van der Waals surface area (Å²) in [5, 5.41) is 2.44. The number of carbonyl (C=O) groups excluding carboxylic acids is 2. The second kappa shape index (κ2) is 7.02. The summed E-state index contributed by atoms with van der Waals surface area (Å²) in [5.41, 5.74) is -1.05. The number of ether oxygens (including phenoxy) is 1. The van der Waals surface area contributed by atoms with Crippen LogP contribution in [0.15, 0.2) is 18.2 Å². The van der Waals surface area contributed by atoms with Crippen molar-refractivity contribution >= 4 is 29.3 Å². The zero-order chi connectivity index (χ0) is 19.9. The van der Waals surface area contributed by atoms with E-state index in [9.17, 15) is 18.4 Å². The van der Waals surface area contributed by atoms with Gasteiger partial charge in [0.1, 0.15) is 11.6 Å². The van der Waals surface area contributed by atoms with Crippen molar-refractivity contribution in [2.45, 2.75) is 64.6 Å². The van der Waals surface area contributed by atoms with Crippen molar-refractivity contribution in [3.05, 3.63) is 28.8 Å². The van der Waals surface area contributed by atoms with E-state index in [1.807, 2.05) is 0 Å². The minimum Gasteiger partial charge on any atom is -0.444 e. The van der Waals surface area contributed by atoms with Crippen molar-refractivity contribution in [2.75, 3.05) is 4.90 Å². The number of nitrogens with zero attached hydrogens (tertiary/aromatic N) is 1. The van der Waals surface area contributed by atoms with E-state index in [0.29, 0.717) is 0 Å². The lowest BCUT2D eigenvalue weighted by Crippen LogP contribution is -2.51. The molecule has 2 rings (SSSR count). The monoisotopic (exact) mass is 388 g/mol. The maximum Gasteiger partial charge on any atom is 0.408 e. The average Bonchev–Trinajstić information content (AvgIpc) is 2.52. The quantitative estimate of drug-likeness (QED) is 0.813. The Hall–Kier alpha value is -1.89. The molecule has 1 aliphatic heterocycles. The smallest absolute Gasteiger partial charge is 0.408 e. The summed E-state index contributed by atoms with van der Waals surface area (Å²) < 4.78 is 34.8. The van der Waals surface area contributed by atoms with Gasteiger partial charge in [-0.3, -0.25) is 4.79 Å².